The first-order valence-electron chi connectivity index (χ1n) is 0.783. The van der Waals surface area contributed by atoms with Gasteiger partial charge in [-0.05, 0) is 0 Å². The van der Waals surface area contributed by atoms with E-state index in [1.165, 1.54) is 0 Å². The Balaban J connectivity index is -0.00000000533. The average Bonchev–Trinajstić information content (AvgIpc) is 0.722. The van der Waals surface area contributed by atoms with Crippen molar-refractivity contribution in [2.45, 2.75) is 0 Å². The zero-order valence-electron chi connectivity index (χ0n) is 6.13. The van der Waals surface area contributed by atoms with Crippen molar-refractivity contribution in [3.63, 3.8) is 0 Å². The molecule has 3 N–H and O–H groups in total. The van der Waals surface area contributed by atoms with E-state index in [1.54, 1.807) is 0 Å². The van der Waals surface area contributed by atoms with Gasteiger partial charge in [-0.25, -0.2) is 4.57 Å². The molecule has 0 aromatic heterocycles. The van der Waals surface area contributed by atoms with Gasteiger partial charge in [-0.3, -0.25) is 0 Å². The van der Waals surface area contributed by atoms with Crippen molar-refractivity contribution in [1.29, 1.82) is 0 Å². The largest absolute Gasteiger partial charge is 2.00 e. The monoisotopic (exact) mass is 248 g/mol. The van der Waals surface area contributed by atoms with Crippen molar-refractivity contribution < 1.29 is 22.1 Å². The van der Waals surface area contributed by atoms with Crippen LogP contribution >= 0.6 is 45.0 Å². The fourth-order valence-corrected chi connectivity index (χ4v) is 0. The number of hydrogen-bond acceptors (Lipinski definition) is 1. The van der Waals surface area contributed by atoms with Crippen molar-refractivity contribution >= 4 is 82.8 Å². The number of halogens is 3. The minimum Gasteiger partial charge on any atom is -1.00 e. The SMILES string of the molecule is Cl.Cl.Cl.O=P(O)(O)O.[Ca+2].[H-].[H-]. The molecule has 0 aromatic rings. The molecule has 0 spiro atoms. The van der Waals surface area contributed by atoms with E-state index in [2.05, 4.69) is 0 Å². The molecule has 60 valence electrons. The summed E-state index contributed by atoms with van der Waals surface area (Å²) in [5.74, 6) is 0. The molecular formula is H8CaCl3O4P. The zero-order valence-corrected chi connectivity index (χ0v) is 9.68. The fraction of sp³-hybridized carbons (Fsp3) is 0. The third-order valence-electron chi connectivity index (χ3n) is 0. The number of hydrogen-bond donors (Lipinski definition) is 3. The normalized spacial score (nSPS) is 6.56. The molecule has 0 saturated carbocycles. The Morgan fingerprint density at radius 1 is 1.00 bits per heavy atom. The first kappa shape index (κ1) is 30.3. The molecule has 0 fully saturated rings. The van der Waals surface area contributed by atoms with Crippen molar-refractivity contribution in [3.8, 4) is 0 Å². The van der Waals surface area contributed by atoms with E-state index in [9.17, 15) is 0 Å². The third kappa shape index (κ3) is 139. The van der Waals surface area contributed by atoms with E-state index in [4.69, 9.17) is 19.2 Å². The van der Waals surface area contributed by atoms with E-state index in [0.717, 1.165) is 0 Å². The quantitative estimate of drug-likeness (QED) is 0.423. The topological polar surface area (TPSA) is 77.8 Å². The Labute approximate surface area is 104 Å². The van der Waals surface area contributed by atoms with E-state index >= 15 is 0 Å². The second kappa shape index (κ2) is 12.9. The van der Waals surface area contributed by atoms with Gasteiger partial charge in [0.1, 0.15) is 0 Å². The predicted octanol–water partition coefficient (Wildman–Crippen LogP) is 0.181. The Hall–Kier alpha value is 2.24. The van der Waals surface area contributed by atoms with Gasteiger partial charge in [-0.15, -0.1) is 37.2 Å². The van der Waals surface area contributed by atoms with Crippen LogP contribution in [0.15, 0.2) is 0 Å². The van der Waals surface area contributed by atoms with Crippen LogP contribution in [-0.4, -0.2) is 52.4 Å². The van der Waals surface area contributed by atoms with Gasteiger partial charge in [0.05, 0.1) is 0 Å². The van der Waals surface area contributed by atoms with Crippen LogP contribution in [0.3, 0.4) is 0 Å². The average molecular weight is 249 g/mol. The predicted molar refractivity (Wildman–Crippen MR) is 44.0 cm³/mol. The summed E-state index contributed by atoms with van der Waals surface area (Å²) in [6.45, 7) is 0. The summed E-state index contributed by atoms with van der Waals surface area (Å²) in [7, 11) is -4.64. The molecule has 0 aliphatic heterocycles. The second-order valence-electron chi connectivity index (χ2n) is 0.513. The minimum absolute atomic E-state index is 0. The molecule has 0 radical (unpaired) electrons. The van der Waals surface area contributed by atoms with Gasteiger partial charge in [-0.1, -0.05) is 0 Å². The van der Waals surface area contributed by atoms with Gasteiger partial charge in [0, 0.05) is 0 Å². The van der Waals surface area contributed by atoms with Crippen LogP contribution in [0, 0.1) is 0 Å². The first-order chi connectivity index (χ1) is 2.00. The maximum absolute atomic E-state index is 8.88. The number of rotatable bonds is 0. The van der Waals surface area contributed by atoms with Crippen LogP contribution in [0.1, 0.15) is 2.85 Å². The van der Waals surface area contributed by atoms with Crippen molar-refractivity contribution in [2.24, 2.45) is 0 Å². The van der Waals surface area contributed by atoms with Gasteiger partial charge in [0.25, 0.3) is 0 Å². The Morgan fingerprint density at radius 2 is 1.00 bits per heavy atom. The molecular weight excluding hydrogens is 241 g/mol. The summed E-state index contributed by atoms with van der Waals surface area (Å²) in [5, 5.41) is 0. The van der Waals surface area contributed by atoms with Gasteiger partial charge < -0.3 is 17.5 Å². The molecule has 0 aliphatic carbocycles. The van der Waals surface area contributed by atoms with Gasteiger partial charge >= 0.3 is 45.6 Å². The van der Waals surface area contributed by atoms with Crippen molar-refractivity contribution in [3.05, 3.63) is 0 Å². The first-order valence-corrected chi connectivity index (χ1v) is 2.35. The van der Waals surface area contributed by atoms with Crippen LogP contribution in [-0.2, 0) is 4.57 Å². The molecule has 0 saturated heterocycles. The van der Waals surface area contributed by atoms with Crippen molar-refractivity contribution in [1.82, 2.24) is 0 Å². The summed E-state index contributed by atoms with van der Waals surface area (Å²) < 4.78 is 8.88. The van der Waals surface area contributed by atoms with Crippen LogP contribution in [0.2, 0.25) is 0 Å². The Morgan fingerprint density at radius 3 is 1.00 bits per heavy atom. The summed E-state index contributed by atoms with van der Waals surface area (Å²) >= 11 is 0. The maximum atomic E-state index is 8.88. The second-order valence-corrected chi connectivity index (χ2v) is 1.54. The molecule has 0 aromatic carbocycles. The van der Waals surface area contributed by atoms with Crippen LogP contribution in [0.4, 0.5) is 0 Å². The van der Waals surface area contributed by atoms with E-state index in [0.29, 0.717) is 0 Å². The van der Waals surface area contributed by atoms with E-state index in [1.807, 2.05) is 0 Å². The van der Waals surface area contributed by atoms with Gasteiger partial charge in [0.2, 0.25) is 0 Å². The summed E-state index contributed by atoms with van der Waals surface area (Å²) in [4.78, 5) is 21.6. The molecule has 9 heteroatoms. The van der Waals surface area contributed by atoms with Crippen LogP contribution in [0.5, 0.6) is 0 Å². The maximum Gasteiger partial charge on any atom is 2.00 e. The molecule has 0 aliphatic rings. The van der Waals surface area contributed by atoms with E-state index in [-0.39, 0.29) is 77.8 Å². The molecule has 0 amide bonds. The van der Waals surface area contributed by atoms with Crippen LogP contribution < -0.4 is 0 Å². The molecule has 0 heterocycles. The molecule has 9 heavy (non-hydrogen) atoms. The smallest absolute Gasteiger partial charge is 1.00 e. The molecule has 0 bridgehead atoms. The van der Waals surface area contributed by atoms with Crippen molar-refractivity contribution in [2.75, 3.05) is 0 Å². The van der Waals surface area contributed by atoms with Gasteiger partial charge in [0.15, 0.2) is 0 Å². The fourth-order valence-electron chi connectivity index (χ4n) is 0. The summed E-state index contributed by atoms with van der Waals surface area (Å²) in [6, 6.07) is 0. The summed E-state index contributed by atoms with van der Waals surface area (Å²) in [5.41, 5.74) is 0. The molecule has 4 nitrogen and oxygen atoms in total. The zero-order chi connectivity index (χ0) is 4.50. The Bertz CT molecular complexity index is 69.5. The van der Waals surface area contributed by atoms with Crippen LogP contribution in [0.25, 0.3) is 0 Å². The standard InChI is InChI=1S/Ca.3ClH.H3O4P.2H/c;;;;1-5(2,3)4;;/h;3*1H;(H3,1,2,3,4);;/q+2;;;;;2*-1. The molecule has 0 atom stereocenters. The number of phosphoric acid groups is 1. The third-order valence-corrected chi connectivity index (χ3v) is 0. The Kier molecular flexibility index (Phi) is 43.3. The molecule has 0 unspecified atom stereocenters. The van der Waals surface area contributed by atoms with Gasteiger partial charge in [-0.2, -0.15) is 0 Å². The van der Waals surface area contributed by atoms with E-state index < -0.39 is 7.82 Å². The molecule has 0 rings (SSSR count). The minimum atomic E-state index is -4.64. The summed E-state index contributed by atoms with van der Waals surface area (Å²) in [6.07, 6.45) is 0.